The van der Waals surface area contributed by atoms with Crippen molar-refractivity contribution in [1.82, 2.24) is 0 Å². The monoisotopic (exact) mass is 243 g/mol. The molecule has 1 heterocycles. The Morgan fingerprint density at radius 3 is 2.61 bits per heavy atom. The maximum atomic E-state index is 13.5. The summed E-state index contributed by atoms with van der Waals surface area (Å²) in [4.78, 5) is 11.6. The number of benzene rings is 2. The van der Waals surface area contributed by atoms with Crippen molar-refractivity contribution in [2.24, 2.45) is 0 Å². The van der Waals surface area contributed by atoms with Crippen LogP contribution in [0.25, 0.3) is 0 Å². The fourth-order valence-electron chi connectivity index (χ4n) is 1.97. The summed E-state index contributed by atoms with van der Waals surface area (Å²) in [5.74, 6) is -0.766. The van der Waals surface area contributed by atoms with Crippen LogP contribution in [0.2, 0.25) is 0 Å². The van der Waals surface area contributed by atoms with Crippen molar-refractivity contribution in [2.75, 3.05) is 5.32 Å². The predicted molar refractivity (Wildman–Crippen MR) is 64.6 cm³/mol. The molecule has 0 bridgehead atoms. The summed E-state index contributed by atoms with van der Waals surface area (Å²) in [6, 6.07) is 13.3. The van der Waals surface area contributed by atoms with Crippen LogP contribution in [-0.4, -0.2) is 5.97 Å². The van der Waals surface area contributed by atoms with Crippen LogP contribution >= 0.6 is 0 Å². The van der Waals surface area contributed by atoms with Crippen molar-refractivity contribution < 1.29 is 13.9 Å². The Hall–Kier alpha value is -2.36. The van der Waals surface area contributed by atoms with Gasteiger partial charge in [0.25, 0.3) is 0 Å². The number of hydrogen-bond acceptors (Lipinski definition) is 3. The number of cyclic esters (lactones) is 1. The molecule has 1 aliphatic heterocycles. The molecule has 18 heavy (non-hydrogen) atoms. The second kappa shape index (κ2) is 4.14. The molecule has 0 fully saturated rings. The smallest absolute Gasteiger partial charge is 0.340 e. The summed E-state index contributed by atoms with van der Waals surface area (Å²) in [6.07, 6.45) is -0.634. The highest BCUT2D eigenvalue weighted by Crippen LogP contribution is 2.31. The minimum absolute atomic E-state index is 0.312. The molecule has 3 nitrogen and oxygen atoms in total. The second-order valence-electron chi connectivity index (χ2n) is 4.00. The minimum atomic E-state index is -0.634. The van der Waals surface area contributed by atoms with Crippen molar-refractivity contribution in [2.45, 2.75) is 6.23 Å². The van der Waals surface area contributed by atoms with E-state index >= 15 is 0 Å². The van der Waals surface area contributed by atoms with Crippen molar-refractivity contribution in [3.63, 3.8) is 0 Å². The number of nitrogens with one attached hydrogen (secondary N) is 1. The molecule has 0 unspecified atom stereocenters. The second-order valence-corrected chi connectivity index (χ2v) is 4.00. The van der Waals surface area contributed by atoms with Crippen LogP contribution in [0.1, 0.15) is 22.1 Å². The Bertz CT molecular complexity index is 612. The lowest BCUT2D eigenvalue weighted by Crippen LogP contribution is -2.11. The first-order valence-corrected chi connectivity index (χ1v) is 5.56. The first kappa shape index (κ1) is 10.8. The number of halogens is 1. The lowest BCUT2D eigenvalue weighted by atomic mass is 10.1. The Labute approximate surface area is 103 Å². The number of rotatable bonds is 2. The summed E-state index contributed by atoms with van der Waals surface area (Å²) in [5, 5.41) is 2.88. The average molecular weight is 243 g/mol. The molecular formula is C14H10FNO2. The number of anilines is 1. The third kappa shape index (κ3) is 1.72. The quantitative estimate of drug-likeness (QED) is 0.823. The zero-order valence-electron chi connectivity index (χ0n) is 9.39. The van der Waals surface area contributed by atoms with Crippen LogP contribution in [0.4, 0.5) is 10.1 Å². The van der Waals surface area contributed by atoms with E-state index in [4.69, 9.17) is 4.74 Å². The number of carbonyl (C=O) groups excluding carboxylic acids is 1. The average Bonchev–Trinajstić information content (AvgIpc) is 2.70. The zero-order chi connectivity index (χ0) is 12.5. The van der Waals surface area contributed by atoms with Gasteiger partial charge in [0.1, 0.15) is 5.82 Å². The van der Waals surface area contributed by atoms with Gasteiger partial charge in [0.15, 0.2) is 0 Å². The van der Waals surface area contributed by atoms with Gasteiger partial charge in [-0.15, -0.1) is 0 Å². The molecule has 3 rings (SSSR count). The molecule has 1 aliphatic rings. The van der Waals surface area contributed by atoms with E-state index in [1.54, 1.807) is 36.4 Å². The molecule has 4 heteroatoms. The fraction of sp³-hybridized carbons (Fsp3) is 0.0714. The molecule has 0 amide bonds. The maximum absolute atomic E-state index is 13.5. The SMILES string of the molecule is O=C1O[C@@H](Nc2ccccc2F)c2ccccc21. The van der Waals surface area contributed by atoms with Crippen molar-refractivity contribution in [1.29, 1.82) is 0 Å². The number of hydrogen-bond donors (Lipinski definition) is 1. The third-order valence-corrected chi connectivity index (χ3v) is 2.85. The molecule has 0 aromatic heterocycles. The summed E-state index contributed by atoms with van der Waals surface area (Å²) in [7, 11) is 0. The fourth-order valence-corrected chi connectivity index (χ4v) is 1.97. The van der Waals surface area contributed by atoms with Gasteiger partial charge in [0.05, 0.1) is 11.3 Å². The van der Waals surface area contributed by atoms with Gasteiger partial charge in [0, 0.05) is 5.56 Å². The Balaban J connectivity index is 1.92. The topological polar surface area (TPSA) is 38.3 Å². The van der Waals surface area contributed by atoms with Gasteiger partial charge in [-0.3, -0.25) is 0 Å². The summed E-state index contributed by atoms with van der Waals surface area (Å²) >= 11 is 0. The van der Waals surface area contributed by atoms with E-state index in [0.29, 0.717) is 11.3 Å². The Kier molecular flexibility index (Phi) is 2.48. The highest BCUT2D eigenvalue weighted by atomic mass is 19.1. The molecule has 0 radical (unpaired) electrons. The summed E-state index contributed by atoms with van der Waals surface area (Å²) < 4.78 is 18.7. The van der Waals surface area contributed by atoms with E-state index in [1.165, 1.54) is 6.07 Å². The van der Waals surface area contributed by atoms with Gasteiger partial charge in [-0.2, -0.15) is 0 Å². The van der Waals surface area contributed by atoms with Crippen LogP contribution < -0.4 is 5.32 Å². The van der Waals surface area contributed by atoms with Crippen LogP contribution in [0.15, 0.2) is 48.5 Å². The molecule has 1 atom stereocenters. The number of esters is 1. The summed E-state index contributed by atoms with van der Waals surface area (Å²) in [6.45, 7) is 0. The molecule has 2 aromatic carbocycles. The van der Waals surface area contributed by atoms with Gasteiger partial charge in [0.2, 0.25) is 6.23 Å². The van der Waals surface area contributed by atoms with Crippen LogP contribution in [0, 0.1) is 5.82 Å². The first-order chi connectivity index (χ1) is 8.75. The minimum Gasteiger partial charge on any atom is -0.434 e. The van der Waals surface area contributed by atoms with Crippen molar-refractivity contribution in [3.8, 4) is 0 Å². The lowest BCUT2D eigenvalue weighted by Gasteiger charge is -2.14. The van der Waals surface area contributed by atoms with Gasteiger partial charge < -0.3 is 10.1 Å². The van der Waals surface area contributed by atoms with E-state index < -0.39 is 6.23 Å². The molecule has 2 aromatic rings. The van der Waals surface area contributed by atoms with Gasteiger partial charge in [-0.25, -0.2) is 9.18 Å². The Morgan fingerprint density at radius 1 is 1.06 bits per heavy atom. The lowest BCUT2D eigenvalue weighted by molar-refractivity contribution is 0.0436. The normalized spacial score (nSPS) is 17.2. The molecule has 0 saturated carbocycles. The first-order valence-electron chi connectivity index (χ1n) is 5.56. The molecule has 0 spiro atoms. The predicted octanol–water partition coefficient (Wildman–Crippen LogP) is 3.11. The van der Waals surface area contributed by atoms with Gasteiger partial charge in [-0.05, 0) is 18.2 Å². The maximum Gasteiger partial charge on any atom is 0.340 e. The third-order valence-electron chi connectivity index (χ3n) is 2.85. The molecule has 0 saturated heterocycles. The standard InChI is InChI=1S/C14H10FNO2/c15-11-7-3-4-8-12(11)16-13-9-5-1-2-6-10(9)14(17)18-13/h1-8,13,16H/t13-/m1/s1. The van der Waals surface area contributed by atoms with E-state index in [-0.39, 0.29) is 11.8 Å². The van der Waals surface area contributed by atoms with E-state index in [9.17, 15) is 9.18 Å². The van der Waals surface area contributed by atoms with Gasteiger partial charge >= 0.3 is 5.97 Å². The number of carbonyl (C=O) groups is 1. The van der Waals surface area contributed by atoms with Crippen LogP contribution in [0.3, 0.4) is 0 Å². The Morgan fingerprint density at radius 2 is 1.78 bits per heavy atom. The molecule has 90 valence electrons. The van der Waals surface area contributed by atoms with Crippen LogP contribution in [0.5, 0.6) is 0 Å². The number of para-hydroxylation sites is 1. The zero-order valence-corrected chi connectivity index (χ0v) is 9.39. The number of ether oxygens (including phenoxy) is 1. The number of fused-ring (bicyclic) bond motifs is 1. The van der Waals surface area contributed by atoms with E-state index in [1.807, 2.05) is 6.07 Å². The largest absolute Gasteiger partial charge is 0.434 e. The highest BCUT2D eigenvalue weighted by molar-refractivity contribution is 5.94. The van der Waals surface area contributed by atoms with E-state index in [0.717, 1.165) is 5.56 Å². The van der Waals surface area contributed by atoms with Gasteiger partial charge in [-0.1, -0.05) is 30.3 Å². The molecule has 0 aliphatic carbocycles. The molecule has 1 N–H and O–H groups in total. The molecular weight excluding hydrogens is 233 g/mol. The summed E-state index contributed by atoms with van der Waals surface area (Å²) in [5.41, 5.74) is 1.56. The highest BCUT2D eigenvalue weighted by Gasteiger charge is 2.30. The van der Waals surface area contributed by atoms with E-state index in [2.05, 4.69) is 5.32 Å². The van der Waals surface area contributed by atoms with Crippen LogP contribution in [-0.2, 0) is 4.74 Å². The van der Waals surface area contributed by atoms with Crippen molar-refractivity contribution >= 4 is 11.7 Å². The van der Waals surface area contributed by atoms with Crippen molar-refractivity contribution in [3.05, 3.63) is 65.5 Å².